The van der Waals surface area contributed by atoms with Crippen LogP contribution < -0.4 is 5.32 Å². The molecule has 11 nitrogen and oxygen atoms in total. The molecule has 1 saturated heterocycles. The van der Waals surface area contributed by atoms with Gasteiger partial charge in [0.2, 0.25) is 5.91 Å². The average Bonchev–Trinajstić information content (AvgIpc) is 3.52. The summed E-state index contributed by atoms with van der Waals surface area (Å²) >= 11 is 4.99. The molecule has 0 saturated carbocycles. The van der Waals surface area contributed by atoms with Crippen molar-refractivity contribution in [3.8, 4) is 0 Å². The maximum Gasteiger partial charge on any atom is 0.352 e. The first-order valence-electron chi connectivity index (χ1n) is 9.55. The lowest BCUT2D eigenvalue weighted by Crippen LogP contribution is -2.80. The molecule has 0 radical (unpaired) electrons. The van der Waals surface area contributed by atoms with Gasteiger partial charge in [-0.2, -0.15) is 0 Å². The van der Waals surface area contributed by atoms with Crippen LogP contribution in [0.25, 0.3) is 0 Å². The molecule has 0 bridgehead atoms. The number of β-lactam (4-membered cyclic amide) rings is 1. The predicted octanol–water partition coefficient (Wildman–Crippen LogP) is 0.705. The molecular weight excluding hydrogens is 545 g/mol. The third-order valence-corrected chi connectivity index (χ3v) is 11.0. The van der Waals surface area contributed by atoms with Crippen molar-refractivity contribution in [2.75, 3.05) is 24.4 Å². The van der Waals surface area contributed by atoms with Crippen LogP contribution in [-0.2, 0) is 36.5 Å². The number of methoxy groups -OCH3 is 1. The molecule has 2 aliphatic rings. The van der Waals surface area contributed by atoms with Gasteiger partial charge in [0.1, 0.15) is 21.8 Å². The second-order valence-electron chi connectivity index (χ2n) is 6.91. The highest BCUT2D eigenvalue weighted by Gasteiger charge is 2.66. The van der Waals surface area contributed by atoms with Gasteiger partial charge in [-0.1, -0.05) is 29.2 Å². The molecule has 1 fully saturated rings. The van der Waals surface area contributed by atoms with E-state index in [-0.39, 0.29) is 29.6 Å². The van der Waals surface area contributed by atoms with Crippen LogP contribution >= 0.6 is 46.2 Å². The van der Waals surface area contributed by atoms with E-state index in [1.54, 1.807) is 17.5 Å². The van der Waals surface area contributed by atoms with Crippen LogP contribution in [-0.4, -0.2) is 82.8 Å². The van der Waals surface area contributed by atoms with Crippen molar-refractivity contribution < 1.29 is 33.5 Å². The number of carbonyl (C=O) groups excluding carboxylic acids is 2. The number of thioether (sulfide) groups is 2. The Bertz CT molecular complexity index is 1170. The van der Waals surface area contributed by atoms with E-state index in [0.717, 1.165) is 4.90 Å². The van der Waals surface area contributed by atoms with Gasteiger partial charge in [-0.3, -0.25) is 18.7 Å². The molecule has 2 aromatic rings. The molecule has 1 unspecified atom stereocenters. The Morgan fingerprint density at radius 2 is 2.24 bits per heavy atom. The number of aliphatic hydroxyl groups is 1. The van der Waals surface area contributed by atoms with Gasteiger partial charge in [-0.05, 0) is 17.0 Å². The van der Waals surface area contributed by atoms with Gasteiger partial charge in [0.15, 0.2) is 4.34 Å². The lowest BCUT2D eigenvalue weighted by Gasteiger charge is -2.55. The Balaban J connectivity index is 1.49. The van der Waals surface area contributed by atoms with Crippen LogP contribution in [0.15, 0.2) is 37.3 Å². The van der Waals surface area contributed by atoms with Crippen LogP contribution in [0.1, 0.15) is 5.01 Å². The van der Waals surface area contributed by atoms with Gasteiger partial charge < -0.3 is 20.3 Å². The minimum absolute atomic E-state index is 0.155. The first-order valence-corrected chi connectivity index (χ1v) is 14.6. The summed E-state index contributed by atoms with van der Waals surface area (Å²) in [7, 11) is -0.311. The summed E-state index contributed by atoms with van der Waals surface area (Å²) in [6.45, 7) is -0.229. The number of aliphatic carboxylic acids is 1. The number of carbonyl (C=O) groups is 3. The number of amides is 2. The van der Waals surface area contributed by atoms with Gasteiger partial charge >= 0.3 is 5.97 Å². The number of hydrogen-bond acceptors (Lipinski definition) is 12. The van der Waals surface area contributed by atoms with Crippen LogP contribution in [0.3, 0.4) is 0 Å². The molecule has 3 N–H and O–H groups in total. The number of hydrogen-bond donors (Lipinski definition) is 3. The first-order chi connectivity index (χ1) is 16.3. The highest BCUT2D eigenvalue weighted by Crippen LogP contribution is 2.47. The highest BCUT2D eigenvalue weighted by molar-refractivity contribution is 8.01. The normalized spacial score (nSPS) is 22.8. The predicted molar refractivity (Wildman–Crippen MR) is 128 cm³/mol. The lowest BCUT2D eigenvalue weighted by molar-refractivity contribution is -0.192. The Morgan fingerprint density at radius 3 is 2.85 bits per heavy atom. The second-order valence-corrected chi connectivity index (χ2v) is 12.9. The summed E-state index contributed by atoms with van der Waals surface area (Å²) in [6, 6.07) is 3.38. The number of nitrogens with zero attached hydrogens (tertiary/aromatic N) is 3. The molecule has 2 aromatic heterocycles. The molecule has 34 heavy (non-hydrogen) atoms. The van der Waals surface area contributed by atoms with Crippen LogP contribution in [0.5, 0.6) is 0 Å². The third kappa shape index (κ3) is 4.67. The zero-order valence-corrected chi connectivity index (χ0v) is 21.5. The van der Waals surface area contributed by atoms with Gasteiger partial charge in [-0.15, -0.1) is 33.3 Å². The van der Waals surface area contributed by atoms with Crippen molar-refractivity contribution in [1.82, 2.24) is 20.4 Å². The van der Waals surface area contributed by atoms with Crippen molar-refractivity contribution >= 4 is 74.8 Å². The van der Waals surface area contributed by atoms with Crippen molar-refractivity contribution in [3.63, 3.8) is 0 Å². The van der Waals surface area contributed by atoms with Gasteiger partial charge in [-0.25, -0.2) is 4.79 Å². The number of thiophene rings is 1. The van der Waals surface area contributed by atoms with E-state index in [2.05, 4.69) is 15.5 Å². The van der Waals surface area contributed by atoms with Crippen LogP contribution in [0.4, 0.5) is 0 Å². The van der Waals surface area contributed by atoms with Crippen LogP contribution in [0.2, 0.25) is 0 Å². The number of carboxylic acids is 1. The molecule has 2 aliphatic heterocycles. The number of fused-ring (bicyclic) bond motifs is 1. The van der Waals surface area contributed by atoms with Gasteiger partial charge in [0, 0.05) is 18.6 Å². The van der Waals surface area contributed by atoms with Gasteiger partial charge in [0.05, 0.1) is 21.6 Å². The Hall–Kier alpha value is -1.82. The Morgan fingerprint density at radius 1 is 1.44 bits per heavy atom. The second kappa shape index (κ2) is 10.4. The van der Waals surface area contributed by atoms with E-state index in [1.165, 1.54) is 53.3 Å². The number of rotatable bonds is 10. The fraction of sp³-hybridized carbons (Fsp3) is 0.389. The molecule has 0 aromatic carbocycles. The zero-order valence-electron chi connectivity index (χ0n) is 17.5. The molecular formula is C18H18N4O7S5. The van der Waals surface area contributed by atoms with E-state index in [9.17, 15) is 23.7 Å². The molecule has 4 rings (SSSR count). The molecule has 16 heteroatoms. The maximum atomic E-state index is 13.1. The van der Waals surface area contributed by atoms with E-state index in [1.807, 2.05) is 0 Å². The summed E-state index contributed by atoms with van der Waals surface area (Å²) in [4.78, 5) is 38.9. The number of aliphatic hydroxyl groups excluding tert-OH is 1. The highest BCUT2D eigenvalue weighted by atomic mass is 32.2. The molecule has 3 atom stereocenters. The number of nitrogens with one attached hydrogen (secondary N) is 1. The Kier molecular flexibility index (Phi) is 7.75. The van der Waals surface area contributed by atoms with E-state index in [4.69, 9.17) is 9.84 Å². The smallest absolute Gasteiger partial charge is 0.352 e. The topological polar surface area (TPSA) is 159 Å². The quantitative estimate of drug-likeness (QED) is 0.213. The third-order valence-electron chi connectivity index (χ3n) is 4.89. The lowest BCUT2D eigenvalue weighted by atomic mass is 9.98. The fourth-order valence-electron chi connectivity index (χ4n) is 3.39. The van der Waals surface area contributed by atoms with E-state index >= 15 is 0 Å². The number of ether oxygens (including phenoxy) is 1. The first kappa shape index (κ1) is 25.3. The number of aromatic nitrogens is 2. The van der Waals surface area contributed by atoms with E-state index < -0.39 is 39.7 Å². The molecule has 2 amide bonds. The summed E-state index contributed by atoms with van der Waals surface area (Å²) in [6.07, 6.45) is 0. The van der Waals surface area contributed by atoms with Crippen molar-refractivity contribution in [2.45, 2.75) is 26.3 Å². The minimum Gasteiger partial charge on any atom is -0.477 e. The SMILES string of the molecule is CO[C@@]1(NC(=O)CS(=O)c2cccs2)C(=O)N2C(C(=O)O)=C(CSc3nnc(CO)s3)CS[C@H]21. The number of carboxylic acid groups (broad SMARTS) is 1. The van der Waals surface area contributed by atoms with Crippen molar-refractivity contribution in [2.24, 2.45) is 0 Å². The minimum atomic E-state index is -1.74. The standard InChI is InChI=1S/C18H18N4O7S5/c1-29-18(19-10(24)8-34(28)12-3-2-4-30-12)15(27)22-13(14(25)26)9(6-31-16(18)22)7-32-17-21-20-11(5-23)33-17/h2-4,16,23H,5-8H2,1H3,(H,19,24)(H,25,26)/t16-,18-,34?/m0/s1. The zero-order chi connectivity index (χ0) is 24.5. The maximum absolute atomic E-state index is 13.1. The monoisotopic (exact) mass is 562 g/mol. The molecule has 0 spiro atoms. The fourth-order valence-corrected chi connectivity index (χ4v) is 8.63. The summed E-state index contributed by atoms with van der Waals surface area (Å²) < 4.78 is 18.9. The molecule has 4 heterocycles. The average molecular weight is 563 g/mol. The molecule has 0 aliphatic carbocycles. The molecule has 182 valence electrons. The van der Waals surface area contributed by atoms with Crippen molar-refractivity contribution in [3.05, 3.63) is 33.8 Å². The largest absolute Gasteiger partial charge is 0.477 e. The Labute approximate surface area is 212 Å². The van der Waals surface area contributed by atoms with Crippen LogP contribution in [0, 0.1) is 0 Å². The van der Waals surface area contributed by atoms with Gasteiger partial charge in [0.25, 0.3) is 11.6 Å². The van der Waals surface area contributed by atoms with E-state index in [0.29, 0.717) is 19.1 Å². The summed E-state index contributed by atoms with van der Waals surface area (Å²) in [5.74, 6) is -2.41. The summed E-state index contributed by atoms with van der Waals surface area (Å²) in [5.41, 5.74) is -1.38. The summed E-state index contributed by atoms with van der Waals surface area (Å²) in [5, 5.41) is 30.7. The van der Waals surface area contributed by atoms with Crippen molar-refractivity contribution in [1.29, 1.82) is 0 Å².